The predicted octanol–water partition coefficient (Wildman–Crippen LogP) is 7.51. The highest BCUT2D eigenvalue weighted by molar-refractivity contribution is 7.88. The highest BCUT2D eigenvalue weighted by Crippen LogP contribution is 2.35. The van der Waals surface area contributed by atoms with E-state index in [9.17, 15) is 12.8 Å². The number of ether oxygens (including phenoxy) is 1. The summed E-state index contributed by atoms with van der Waals surface area (Å²) >= 11 is 0. The van der Waals surface area contributed by atoms with Crippen LogP contribution >= 0.6 is 0 Å². The topological polar surface area (TPSA) is 99.7 Å². The third-order valence-corrected chi connectivity index (χ3v) is 9.92. The van der Waals surface area contributed by atoms with E-state index in [0.29, 0.717) is 17.8 Å². The molecule has 1 saturated carbocycles. The predicted molar refractivity (Wildman–Crippen MR) is 190 cm³/mol. The molecule has 10 heteroatoms. The number of aromatic amines is 1. The Bertz CT molecular complexity index is 2090. The number of nitrogens with one attached hydrogen (secondary N) is 2. The quantitative estimate of drug-likeness (QED) is 0.203. The van der Waals surface area contributed by atoms with Gasteiger partial charge in [-0.1, -0.05) is 30.7 Å². The van der Waals surface area contributed by atoms with Gasteiger partial charge in [-0.2, -0.15) is 0 Å². The van der Waals surface area contributed by atoms with Crippen molar-refractivity contribution in [2.45, 2.75) is 57.6 Å². The molecule has 0 radical (unpaired) electrons. The summed E-state index contributed by atoms with van der Waals surface area (Å²) in [6.45, 7) is 0.522. The molecule has 3 heterocycles. The monoisotopic (exact) mass is 665 g/mol. The normalized spacial score (nSPS) is 20.8. The summed E-state index contributed by atoms with van der Waals surface area (Å²) in [7, 11) is -1.36. The van der Waals surface area contributed by atoms with Crippen molar-refractivity contribution in [1.29, 1.82) is 0 Å². The van der Waals surface area contributed by atoms with Gasteiger partial charge >= 0.3 is 0 Å². The van der Waals surface area contributed by atoms with Crippen molar-refractivity contribution in [1.82, 2.24) is 19.6 Å². The second-order valence-electron chi connectivity index (χ2n) is 12.9. The van der Waals surface area contributed by atoms with Crippen LogP contribution in [-0.2, 0) is 16.6 Å². The summed E-state index contributed by atoms with van der Waals surface area (Å²) in [6, 6.07) is 14.8. The highest BCUT2D eigenvalue weighted by Gasteiger charge is 2.25. The number of sulfonamides is 1. The van der Waals surface area contributed by atoms with Crippen LogP contribution in [0.4, 0.5) is 4.39 Å². The SMILES string of the molecule is CN1CN=C(c2cc3c(-c4cc(F)cc(CNS(C)(=O)=O)c4)cccc3[nH]2)C2=C\CC/C(c3cncc(OC4CCCCC4)c3)=C/C=C\21. The minimum atomic E-state index is -3.41. The first-order valence-corrected chi connectivity index (χ1v) is 18.5. The van der Waals surface area contributed by atoms with E-state index in [1.165, 1.54) is 37.0 Å². The van der Waals surface area contributed by atoms with Gasteiger partial charge in [0, 0.05) is 42.0 Å². The lowest BCUT2D eigenvalue weighted by atomic mass is 9.93. The molecule has 248 valence electrons. The van der Waals surface area contributed by atoms with Crippen molar-refractivity contribution >= 4 is 32.2 Å². The van der Waals surface area contributed by atoms with Crippen molar-refractivity contribution in [3.8, 4) is 16.9 Å². The van der Waals surface area contributed by atoms with Crippen LogP contribution in [0.2, 0.25) is 0 Å². The van der Waals surface area contributed by atoms with Crippen LogP contribution in [0.3, 0.4) is 0 Å². The number of likely N-dealkylation sites (N-methyl/N-ethyl adjacent to an activating group) is 1. The number of allylic oxidation sites excluding steroid dienone is 5. The van der Waals surface area contributed by atoms with Crippen LogP contribution in [0.1, 0.15) is 61.8 Å². The van der Waals surface area contributed by atoms with Crippen LogP contribution < -0.4 is 9.46 Å². The number of pyridine rings is 1. The Morgan fingerprint density at radius 1 is 1.04 bits per heavy atom. The molecule has 4 aromatic rings. The Morgan fingerprint density at radius 2 is 1.90 bits per heavy atom. The minimum absolute atomic E-state index is 0.0118. The molecule has 8 nitrogen and oxygen atoms in total. The number of aromatic nitrogens is 2. The third-order valence-electron chi connectivity index (χ3n) is 9.25. The van der Waals surface area contributed by atoms with Gasteiger partial charge in [0.1, 0.15) is 18.2 Å². The molecular formula is C38H40FN5O3S. The van der Waals surface area contributed by atoms with Crippen LogP contribution in [0.25, 0.3) is 27.6 Å². The van der Waals surface area contributed by atoms with Gasteiger partial charge in [0.2, 0.25) is 10.0 Å². The summed E-state index contributed by atoms with van der Waals surface area (Å²) in [5.41, 5.74) is 9.21. The van der Waals surface area contributed by atoms with Gasteiger partial charge in [-0.3, -0.25) is 9.98 Å². The number of benzene rings is 2. The van der Waals surface area contributed by atoms with Gasteiger partial charge < -0.3 is 14.6 Å². The third kappa shape index (κ3) is 7.15. The van der Waals surface area contributed by atoms with E-state index in [1.807, 2.05) is 36.7 Å². The van der Waals surface area contributed by atoms with Crippen molar-refractivity contribution < 1.29 is 17.5 Å². The van der Waals surface area contributed by atoms with E-state index in [2.05, 4.69) is 57.0 Å². The standard InChI is InChI=1S/C38H40FN5O3S/c1-44-24-41-38(33-12-6-8-26(14-15-37(33)44)28-19-31(23-40-22-28)47-30-9-4-3-5-10-30)36-20-34-32(11-7-13-35(34)43-36)27-16-25(17-29(39)18-27)21-42-48(2,45)46/h7,11-20,22-23,30,42-43H,3-6,8-10,21,24H2,1-2H3/b26-14-,33-12-,37-15+. The van der Waals surface area contributed by atoms with Gasteiger partial charge in [-0.05, 0) is 109 Å². The molecule has 0 amide bonds. The van der Waals surface area contributed by atoms with E-state index >= 15 is 0 Å². The second kappa shape index (κ2) is 13.5. The van der Waals surface area contributed by atoms with E-state index in [1.54, 1.807) is 0 Å². The number of fused-ring (bicyclic) bond motifs is 2. The minimum Gasteiger partial charge on any atom is -0.489 e. The molecule has 1 fully saturated rings. The van der Waals surface area contributed by atoms with Crippen LogP contribution in [-0.4, -0.2) is 55.1 Å². The zero-order valence-electron chi connectivity index (χ0n) is 27.3. The Balaban J connectivity index is 1.17. The summed E-state index contributed by atoms with van der Waals surface area (Å²) in [5.74, 6) is 0.417. The molecule has 0 spiro atoms. The van der Waals surface area contributed by atoms with Gasteiger partial charge in [-0.15, -0.1) is 0 Å². The number of halogens is 1. The number of nitrogens with zero attached hydrogens (tertiary/aromatic N) is 3. The molecule has 0 saturated heterocycles. The molecule has 0 atom stereocenters. The number of rotatable bonds is 8. The Labute approximate surface area is 281 Å². The number of aliphatic imine (C=N–C) groups is 1. The van der Waals surface area contributed by atoms with Crippen LogP contribution in [0, 0.1) is 5.82 Å². The molecule has 2 aromatic carbocycles. The van der Waals surface area contributed by atoms with E-state index < -0.39 is 15.8 Å². The molecular weight excluding hydrogens is 626 g/mol. The van der Waals surface area contributed by atoms with Crippen molar-refractivity contribution in [2.24, 2.45) is 4.99 Å². The maximum atomic E-state index is 14.7. The molecule has 48 heavy (non-hydrogen) atoms. The first-order valence-electron chi connectivity index (χ1n) is 16.6. The van der Waals surface area contributed by atoms with E-state index in [0.717, 1.165) is 82.4 Å². The molecule has 2 N–H and O–H groups in total. The summed E-state index contributed by atoms with van der Waals surface area (Å²) in [6.07, 6.45) is 19.4. The number of hydrogen-bond acceptors (Lipinski definition) is 6. The van der Waals surface area contributed by atoms with E-state index in [4.69, 9.17) is 9.73 Å². The summed E-state index contributed by atoms with van der Waals surface area (Å²) in [4.78, 5) is 15.2. The lowest BCUT2D eigenvalue weighted by molar-refractivity contribution is 0.154. The van der Waals surface area contributed by atoms with Gasteiger partial charge in [0.25, 0.3) is 0 Å². The summed E-state index contributed by atoms with van der Waals surface area (Å²) < 4.78 is 46.8. The molecule has 1 aliphatic heterocycles. The first kappa shape index (κ1) is 32.0. The van der Waals surface area contributed by atoms with Crippen molar-refractivity contribution in [3.63, 3.8) is 0 Å². The van der Waals surface area contributed by atoms with Crippen molar-refractivity contribution in [2.75, 3.05) is 20.0 Å². The average molecular weight is 666 g/mol. The molecule has 0 unspecified atom stereocenters. The number of hydrogen-bond donors (Lipinski definition) is 2. The average Bonchev–Trinajstić information content (AvgIpc) is 3.49. The largest absolute Gasteiger partial charge is 0.489 e. The zero-order valence-corrected chi connectivity index (χ0v) is 28.1. The fourth-order valence-corrected chi connectivity index (χ4v) is 7.31. The molecule has 3 aliphatic rings. The second-order valence-corrected chi connectivity index (χ2v) is 14.8. The van der Waals surface area contributed by atoms with Gasteiger partial charge in [0.15, 0.2) is 0 Å². The van der Waals surface area contributed by atoms with Gasteiger partial charge in [-0.25, -0.2) is 17.5 Å². The van der Waals surface area contributed by atoms with Gasteiger partial charge in [0.05, 0.1) is 30.0 Å². The number of H-pyrrole nitrogens is 1. The van der Waals surface area contributed by atoms with E-state index in [-0.39, 0.29) is 12.6 Å². The first-order chi connectivity index (χ1) is 23.2. The molecule has 2 aliphatic carbocycles. The Hall–Kier alpha value is -4.54. The maximum Gasteiger partial charge on any atom is 0.209 e. The maximum absolute atomic E-state index is 14.7. The lowest BCUT2D eigenvalue weighted by Gasteiger charge is -2.29. The zero-order chi connectivity index (χ0) is 33.3. The molecule has 2 aromatic heterocycles. The Kier molecular flexibility index (Phi) is 9.02. The Morgan fingerprint density at radius 3 is 2.73 bits per heavy atom. The molecule has 0 bridgehead atoms. The van der Waals surface area contributed by atoms with Crippen molar-refractivity contribution in [3.05, 3.63) is 113 Å². The fourth-order valence-electron chi connectivity index (χ4n) is 6.88. The smallest absolute Gasteiger partial charge is 0.209 e. The fraction of sp³-hybridized carbons (Fsp3) is 0.316. The van der Waals surface area contributed by atoms with Crippen LogP contribution in [0.5, 0.6) is 5.75 Å². The highest BCUT2D eigenvalue weighted by atomic mass is 32.2. The van der Waals surface area contributed by atoms with Crippen LogP contribution in [0.15, 0.2) is 95.4 Å². The summed E-state index contributed by atoms with van der Waals surface area (Å²) in [5, 5.41) is 0.934. The molecule has 7 rings (SSSR count). The lowest BCUT2D eigenvalue weighted by Crippen LogP contribution is -2.29.